The van der Waals surface area contributed by atoms with Gasteiger partial charge in [0.2, 0.25) is 0 Å². The number of carbonyl (C=O) groups is 1. The summed E-state index contributed by atoms with van der Waals surface area (Å²) in [7, 11) is 0. The zero-order valence-corrected chi connectivity index (χ0v) is 3.42. The SMILES string of the molecule is C=COOC(=O)[O-]. The van der Waals surface area contributed by atoms with Crippen molar-refractivity contribution in [3.8, 4) is 0 Å². The van der Waals surface area contributed by atoms with Gasteiger partial charge < -0.3 is 19.7 Å². The van der Waals surface area contributed by atoms with E-state index in [1.54, 1.807) is 0 Å². The molecule has 4 heteroatoms. The molecule has 0 aliphatic rings. The van der Waals surface area contributed by atoms with Gasteiger partial charge in [-0.15, -0.1) is 0 Å². The summed E-state index contributed by atoms with van der Waals surface area (Å²) >= 11 is 0. The summed E-state index contributed by atoms with van der Waals surface area (Å²) in [5.74, 6) is 0. The van der Waals surface area contributed by atoms with Gasteiger partial charge in [-0.2, -0.15) is 0 Å². The van der Waals surface area contributed by atoms with E-state index >= 15 is 0 Å². The van der Waals surface area contributed by atoms with Gasteiger partial charge in [-0.05, 0) is 0 Å². The molecular formula is C3H3O4-. The van der Waals surface area contributed by atoms with E-state index in [-0.39, 0.29) is 0 Å². The minimum Gasteiger partial charge on any atom is -0.423 e. The van der Waals surface area contributed by atoms with E-state index in [9.17, 15) is 9.90 Å². The molecule has 4 nitrogen and oxygen atoms in total. The molecule has 0 aliphatic carbocycles. The van der Waals surface area contributed by atoms with Crippen LogP contribution < -0.4 is 5.11 Å². The van der Waals surface area contributed by atoms with Crippen molar-refractivity contribution in [1.82, 2.24) is 0 Å². The van der Waals surface area contributed by atoms with Crippen LogP contribution >= 0.6 is 0 Å². The highest BCUT2D eigenvalue weighted by atomic mass is 17.2. The van der Waals surface area contributed by atoms with Gasteiger partial charge >= 0.3 is 0 Å². The summed E-state index contributed by atoms with van der Waals surface area (Å²) in [6, 6.07) is 0. The van der Waals surface area contributed by atoms with Crippen molar-refractivity contribution in [3.63, 3.8) is 0 Å². The fourth-order valence-electron chi connectivity index (χ4n) is 0.0733. The van der Waals surface area contributed by atoms with E-state index in [4.69, 9.17) is 0 Å². The lowest BCUT2D eigenvalue weighted by Gasteiger charge is -2.00. The molecule has 0 aromatic rings. The Kier molecular flexibility index (Phi) is 2.50. The van der Waals surface area contributed by atoms with Crippen LogP contribution in [0.3, 0.4) is 0 Å². The molecule has 0 radical (unpaired) electrons. The number of rotatable bonds is 2. The normalized spacial score (nSPS) is 6.86. The van der Waals surface area contributed by atoms with Crippen molar-refractivity contribution in [2.24, 2.45) is 0 Å². The first-order valence-corrected chi connectivity index (χ1v) is 1.42. The molecule has 0 rings (SSSR count). The summed E-state index contributed by atoms with van der Waals surface area (Å²) in [5.41, 5.74) is 0. The summed E-state index contributed by atoms with van der Waals surface area (Å²) < 4.78 is 0. The van der Waals surface area contributed by atoms with E-state index in [1.807, 2.05) is 0 Å². The second-order valence-corrected chi connectivity index (χ2v) is 0.596. The third kappa shape index (κ3) is 4.81. The summed E-state index contributed by atoms with van der Waals surface area (Å²) in [4.78, 5) is 16.3. The van der Waals surface area contributed by atoms with Crippen LogP contribution in [0.2, 0.25) is 0 Å². The monoisotopic (exact) mass is 103 g/mol. The third-order valence-electron chi connectivity index (χ3n) is 0.184. The van der Waals surface area contributed by atoms with Crippen molar-refractivity contribution in [3.05, 3.63) is 12.8 Å². The zero-order valence-electron chi connectivity index (χ0n) is 3.42. The van der Waals surface area contributed by atoms with E-state index < -0.39 is 6.16 Å². The van der Waals surface area contributed by atoms with Gasteiger partial charge in [-0.3, -0.25) is 0 Å². The molecule has 7 heavy (non-hydrogen) atoms. The van der Waals surface area contributed by atoms with Crippen LogP contribution in [0.5, 0.6) is 0 Å². The summed E-state index contributed by atoms with van der Waals surface area (Å²) in [6.45, 7) is 2.99. The Morgan fingerprint density at radius 1 is 1.86 bits per heavy atom. The van der Waals surface area contributed by atoms with Crippen LogP contribution in [0.25, 0.3) is 0 Å². The minimum atomic E-state index is -1.74. The smallest absolute Gasteiger partial charge is 0.291 e. The molecular weight excluding hydrogens is 100 g/mol. The molecule has 0 aromatic carbocycles. The van der Waals surface area contributed by atoms with Gasteiger partial charge in [0.15, 0.2) is 0 Å². The Bertz CT molecular complexity index is 77.0. The van der Waals surface area contributed by atoms with Gasteiger partial charge in [-0.25, -0.2) is 0 Å². The molecule has 0 heterocycles. The maximum Gasteiger partial charge on any atom is 0.291 e. The average molecular weight is 103 g/mol. The fourth-order valence-corrected chi connectivity index (χ4v) is 0.0733. The van der Waals surface area contributed by atoms with Crippen LogP contribution in [0.1, 0.15) is 0 Å². The first kappa shape index (κ1) is 5.81. The number of hydrogen-bond donors (Lipinski definition) is 0. The third-order valence-corrected chi connectivity index (χ3v) is 0.184. The van der Waals surface area contributed by atoms with E-state index in [1.165, 1.54) is 0 Å². The molecule has 0 fully saturated rings. The molecule has 0 spiro atoms. The zero-order chi connectivity index (χ0) is 5.70. The Balaban J connectivity index is 2.97. The Morgan fingerprint density at radius 3 is 2.57 bits per heavy atom. The molecule has 0 unspecified atom stereocenters. The van der Waals surface area contributed by atoms with E-state index in [2.05, 4.69) is 16.4 Å². The Morgan fingerprint density at radius 2 is 2.43 bits per heavy atom. The molecule has 0 aliphatic heterocycles. The van der Waals surface area contributed by atoms with Crippen LogP contribution in [0, 0.1) is 0 Å². The lowest BCUT2D eigenvalue weighted by Crippen LogP contribution is -2.22. The number of carboxylic acid groups (broad SMARTS) is 1. The second kappa shape index (κ2) is 3.02. The summed E-state index contributed by atoms with van der Waals surface area (Å²) in [5, 5.41) is 9.25. The van der Waals surface area contributed by atoms with Gasteiger partial charge in [0.1, 0.15) is 6.26 Å². The predicted octanol–water partition coefficient (Wildman–Crippen LogP) is -0.579. The van der Waals surface area contributed by atoms with Crippen molar-refractivity contribution < 1.29 is 19.7 Å². The average Bonchev–Trinajstić information content (AvgIpc) is 1.61. The number of carbonyl (C=O) groups excluding carboxylic acids is 1. The Labute approximate surface area is 39.9 Å². The van der Waals surface area contributed by atoms with Crippen molar-refractivity contribution in [1.29, 1.82) is 0 Å². The maximum atomic E-state index is 9.25. The largest absolute Gasteiger partial charge is 0.423 e. The quantitative estimate of drug-likeness (QED) is 0.266. The molecule has 0 aromatic heterocycles. The first-order chi connectivity index (χ1) is 3.27. The summed E-state index contributed by atoms with van der Waals surface area (Å²) in [6.07, 6.45) is -0.907. The molecule has 0 saturated heterocycles. The highest BCUT2D eigenvalue weighted by Gasteiger charge is 1.73. The van der Waals surface area contributed by atoms with Gasteiger partial charge in [0.05, 0.1) is 0 Å². The molecule has 0 amide bonds. The van der Waals surface area contributed by atoms with E-state index in [0.29, 0.717) is 0 Å². The molecule has 0 saturated carbocycles. The Hall–Kier alpha value is -1.19. The first-order valence-electron chi connectivity index (χ1n) is 1.42. The van der Waals surface area contributed by atoms with Gasteiger partial charge in [-0.1, -0.05) is 6.58 Å². The standard InChI is InChI=1S/C3H4O4/c1-2-6-7-3(4)5/h2H,1H2,(H,4,5)/p-1. The number of hydrogen-bond acceptors (Lipinski definition) is 4. The lowest BCUT2D eigenvalue weighted by molar-refractivity contribution is -0.343. The minimum absolute atomic E-state index is 0.829. The van der Waals surface area contributed by atoms with Gasteiger partial charge in [0, 0.05) is 0 Å². The van der Waals surface area contributed by atoms with Crippen LogP contribution in [-0.2, 0) is 9.78 Å². The highest BCUT2D eigenvalue weighted by Crippen LogP contribution is 1.73. The molecule has 0 atom stereocenters. The van der Waals surface area contributed by atoms with Crippen LogP contribution in [0.4, 0.5) is 4.79 Å². The van der Waals surface area contributed by atoms with E-state index in [0.717, 1.165) is 6.26 Å². The van der Waals surface area contributed by atoms with Crippen molar-refractivity contribution in [2.45, 2.75) is 0 Å². The molecule has 0 bridgehead atoms. The highest BCUT2D eigenvalue weighted by molar-refractivity contribution is 5.52. The van der Waals surface area contributed by atoms with Crippen molar-refractivity contribution >= 4 is 6.16 Å². The van der Waals surface area contributed by atoms with Gasteiger partial charge in [0.25, 0.3) is 6.16 Å². The van der Waals surface area contributed by atoms with Crippen molar-refractivity contribution in [2.75, 3.05) is 0 Å². The van der Waals surface area contributed by atoms with Crippen LogP contribution in [-0.4, -0.2) is 6.16 Å². The molecule has 0 N–H and O–H groups in total. The van der Waals surface area contributed by atoms with Crippen LogP contribution in [0.15, 0.2) is 12.8 Å². The lowest BCUT2D eigenvalue weighted by atomic mass is 11.2. The molecule has 40 valence electrons. The predicted molar refractivity (Wildman–Crippen MR) is 17.8 cm³/mol. The topological polar surface area (TPSA) is 58.6 Å². The second-order valence-electron chi connectivity index (χ2n) is 0.596. The fraction of sp³-hybridized carbons (Fsp3) is 0. The maximum absolute atomic E-state index is 9.25.